The van der Waals surface area contributed by atoms with Crippen LogP contribution in [0.4, 0.5) is 11.5 Å². The number of amides is 1. The van der Waals surface area contributed by atoms with Crippen LogP contribution >= 0.6 is 23.4 Å². The first-order valence-corrected chi connectivity index (χ1v) is 10.4. The van der Waals surface area contributed by atoms with Crippen molar-refractivity contribution < 1.29 is 9.53 Å². The van der Waals surface area contributed by atoms with Crippen LogP contribution in [0.15, 0.2) is 36.4 Å². The van der Waals surface area contributed by atoms with Crippen LogP contribution in [0, 0.1) is 0 Å². The monoisotopic (exact) mass is 405 g/mol. The molecule has 7 heteroatoms. The smallest absolute Gasteiger partial charge is 0.255 e. The molecule has 5 nitrogen and oxygen atoms in total. The van der Waals surface area contributed by atoms with Crippen molar-refractivity contribution in [2.75, 3.05) is 37.5 Å². The third kappa shape index (κ3) is 5.86. The number of nitrogens with zero attached hydrogens (tertiary/aromatic N) is 2. The Hall–Kier alpha value is -1.76. The fourth-order valence-electron chi connectivity index (χ4n) is 2.84. The van der Waals surface area contributed by atoms with Gasteiger partial charge in [0.05, 0.1) is 0 Å². The predicted molar refractivity (Wildman–Crippen MR) is 113 cm³/mol. The summed E-state index contributed by atoms with van der Waals surface area (Å²) in [7, 11) is 3.72. The molecule has 0 atom stereocenters. The lowest BCUT2D eigenvalue weighted by Gasteiger charge is -2.21. The molecule has 0 aliphatic carbocycles. The first kappa shape index (κ1) is 20.0. The molecular formula is C20H24ClN3O2S. The molecule has 1 fully saturated rings. The molecule has 1 aromatic heterocycles. The van der Waals surface area contributed by atoms with E-state index in [4.69, 9.17) is 16.3 Å². The number of carbonyl (C=O) groups excluding carboxylic acids is 1. The SMILES string of the molecule is CN(C)c1cc(C(=O)Nc2cccc(CSC3CCOCC3)c2)cc(Cl)n1. The number of anilines is 2. The fraction of sp³-hybridized carbons (Fsp3) is 0.400. The van der Waals surface area contributed by atoms with Crippen molar-refractivity contribution in [1.29, 1.82) is 0 Å². The van der Waals surface area contributed by atoms with Crippen molar-refractivity contribution >= 4 is 40.8 Å². The van der Waals surface area contributed by atoms with Gasteiger partial charge >= 0.3 is 0 Å². The number of aromatic nitrogens is 1. The molecule has 144 valence electrons. The van der Waals surface area contributed by atoms with Crippen LogP contribution in [0.1, 0.15) is 28.8 Å². The molecule has 27 heavy (non-hydrogen) atoms. The van der Waals surface area contributed by atoms with Gasteiger partial charge in [0.2, 0.25) is 0 Å². The normalized spacial score (nSPS) is 14.8. The van der Waals surface area contributed by atoms with Crippen LogP contribution in [0.25, 0.3) is 0 Å². The second kappa shape index (κ2) is 9.44. The minimum atomic E-state index is -0.198. The lowest BCUT2D eigenvalue weighted by Crippen LogP contribution is -2.17. The zero-order chi connectivity index (χ0) is 19.2. The fourth-order valence-corrected chi connectivity index (χ4v) is 4.18. The number of hydrogen-bond acceptors (Lipinski definition) is 5. The van der Waals surface area contributed by atoms with Gasteiger partial charge in [-0.25, -0.2) is 4.98 Å². The number of carbonyl (C=O) groups is 1. The van der Waals surface area contributed by atoms with Crippen LogP contribution in [-0.2, 0) is 10.5 Å². The zero-order valence-corrected chi connectivity index (χ0v) is 17.1. The summed E-state index contributed by atoms with van der Waals surface area (Å²) in [5.41, 5.74) is 2.47. The Kier molecular flexibility index (Phi) is 6.99. The van der Waals surface area contributed by atoms with Gasteiger partial charge in [0.1, 0.15) is 11.0 Å². The second-order valence-corrected chi connectivity index (χ2v) is 8.38. The maximum atomic E-state index is 12.6. The van der Waals surface area contributed by atoms with Crippen LogP contribution < -0.4 is 10.2 Å². The molecule has 1 aromatic carbocycles. The van der Waals surface area contributed by atoms with Gasteiger partial charge in [-0.15, -0.1) is 0 Å². The van der Waals surface area contributed by atoms with Crippen LogP contribution in [0.3, 0.4) is 0 Å². The second-order valence-electron chi connectivity index (χ2n) is 6.71. The largest absolute Gasteiger partial charge is 0.381 e. The number of ether oxygens (including phenoxy) is 1. The molecule has 0 spiro atoms. The van der Waals surface area contributed by atoms with E-state index in [1.54, 1.807) is 12.1 Å². The third-order valence-electron chi connectivity index (χ3n) is 4.34. The van der Waals surface area contributed by atoms with E-state index >= 15 is 0 Å². The van der Waals surface area contributed by atoms with E-state index in [2.05, 4.69) is 16.4 Å². The van der Waals surface area contributed by atoms with Crippen molar-refractivity contribution in [3.63, 3.8) is 0 Å². The molecule has 1 amide bonds. The molecule has 0 bridgehead atoms. The number of thioether (sulfide) groups is 1. The summed E-state index contributed by atoms with van der Waals surface area (Å²) in [4.78, 5) is 18.6. The van der Waals surface area contributed by atoms with E-state index in [1.165, 1.54) is 5.56 Å². The molecule has 2 aromatic rings. The van der Waals surface area contributed by atoms with Gasteiger partial charge in [-0.3, -0.25) is 4.79 Å². The highest BCUT2D eigenvalue weighted by atomic mass is 35.5. The first-order valence-electron chi connectivity index (χ1n) is 8.96. The van der Waals surface area contributed by atoms with Gasteiger partial charge in [-0.1, -0.05) is 23.7 Å². The summed E-state index contributed by atoms with van der Waals surface area (Å²) < 4.78 is 5.41. The lowest BCUT2D eigenvalue weighted by molar-refractivity contribution is 0.1000. The highest BCUT2D eigenvalue weighted by Gasteiger charge is 2.15. The molecule has 1 aliphatic rings. The minimum Gasteiger partial charge on any atom is -0.381 e. The maximum absolute atomic E-state index is 12.6. The highest BCUT2D eigenvalue weighted by molar-refractivity contribution is 7.99. The predicted octanol–water partition coefficient (Wildman–Crippen LogP) is 4.47. The molecule has 3 rings (SSSR count). The van der Waals surface area contributed by atoms with Crippen LogP contribution in [0.5, 0.6) is 0 Å². The zero-order valence-electron chi connectivity index (χ0n) is 15.6. The van der Waals surface area contributed by atoms with Crippen molar-refractivity contribution in [3.8, 4) is 0 Å². The van der Waals surface area contributed by atoms with E-state index in [0.717, 1.165) is 37.5 Å². The molecule has 2 heterocycles. The molecule has 1 aliphatic heterocycles. The molecule has 0 saturated carbocycles. The standard InChI is InChI=1S/C20H24ClN3O2S/c1-24(2)19-12-15(11-18(21)23-19)20(25)22-16-5-3-4-14(10-16)13-27-17-6-8-26-9-7-17/h3-5,10-12,17H,6-9,13H2,1-2H3,(H,22,25). The quantitative estimate of drug-likeness (QED) is 0.719. The number of benzene rings is 1. The average Bonchev–Trinajstić information content (AvgIpc) is 2.67. The van der Waals surface area contributed by atoms with E-state index in [0.29, 0.717) is 21.8 Å². The van der Waals surface area contributed by atoms with E-state index in [1.807, 2.05) is 49.0 Å². The topological polar surface area (TPSA) is 54.5 Å². The van der Waals surface area contributed by atoms with Crippen LogP contribution in [-0.4, -0.2) is 43.5 Å². The Morgan fingerprint density at radius 1 is 1.30 bits per heavy atom. The Morgan fingerprint density at radius 3 is 2.81 bits per heavy atom. The van der Waals surface area contributed by atoms with Gasteiger partial charge in [0, 0.05) is 49.6 Å². The Labute approximate surface area is 169 Å². The van der Waals surface area contributed by atoms with Crippen molar-refractivity contribution in [3.05, 3.63) is 52.7 Å². The summed E-state index contributed by atoms with van der Waals surface area (Å²) in [5.74, 6) is 1.38. The lowest BCUT2D eigenvalue weighted by atomic mass is 10.2. The number of rotatable bonds is 6. The number of hydrogen-bond donors (Lipinski definition) is 1. The van der Waals surface area contributed by atoms with Crippen molar-refractivity contribution in [1.82, 2.24) is 4.98 Å². The summed E-state index contributed by atoms with van der Waals surface area (Å²) >= 11 is 8.01. The van der Waals surface area contributed by atoms with E-state index in [9.17, 15) is 4.79 Å². The Bertz CT molecular complexity index is 795. The molecule has 0 radical (unpaired) electrons. The number of nitrogens with one attached hydrogen (secondary N) is 1. The highest BCUT2D eigenvalue weighted by Crippen LogP contribution is 2.26. The minimum absolute atomic E-state index is 0.198. The summed E-state index contributed by atoms with van der Waals surface area (Å²) in [5, 5.41) is 3.91. The number of pyridine rings is 1. The average molecular weight is 406 g/mol. The number of halogens is 1. The van der Waals surface area contributed by atoms with Crippen LogP contribution in [0.2, 0.25) is 5.15 Å². The summed E-state index contributed by atoms with van der Waals surface area (Å²) in [6, 6.07) is 11.3. The first-order chi connectivity index (χ1) is 13.0. The van der Waals surface area contributed by atoms with Gasteiger partial charge in [0.25, 0.3) is 5.91 Å². The molecular weight excluding hydrogens is 382 g/mol. The molecule has 0 unspecified atom stereocenters. The molecule has 1 N–H and O–H groups in total. The molecule has 1 saturated heterocycles. The summed E-state index contributed by atoms with van der Waals surface area (Å²) in [6.07, 6.45) is 2.22. The van der Waals surface area contributed by atoms with E-state index in [-0.39, 0.29) is 5.91 Å². The Balaban J connectivity index is 1.64. The van der Waals surface area contributed by atoms with Crippen molar-refractivity contribution in [2.45, 2.75) is 23.8 Å². The van der Waals surface area contributed by atoms with Gasteiger partial charge < -0.3 is 15.0 Å². The van der Waals surface area contributed by atoms with Crippen molar-refractivity contribution in [2.24, 2.45) is 0 Å². The summed E-state index contributed by atoms with van der Waals surface area (Å²) in [6.45, 7) is 1.72. The van der Waals surface area contributed by atoms with E-state index < -0.39 is 0 Å². The van der Waals surface area contributed by atoms with Gasteiger partial charge in [-0.05, 0) is 42.7 Å². The maximum Gasteiger partial charge on any atom is 0.255 e. The Morgan fingerprint density at radius 2 is 2.07 bits per heavy atom. The third-order valence-corrected chi connectivity index (χ3v) is 5.98. The van der Waals surface area contributed by atoms with Gasteiger partial charge in [-0.2, -0.15) is 11.8 Å². The van der Waals surface area contributed by atoms with Gasteiger partial charge in [0.15, 0.2) is 0 Å².